The van der Waals surface area contributed by atoms with Gasteiger partial charge in [0, 0.05) is 24.7 Å². The number of aliphatic hydroxyl groups is 2. The van der Waals surface area contributed by atoms with Crippen molar-refractivity contribution in [1.82, 2.24) is 24.8 Å². The predicted octanol–water partition coefficient (Wildman–Crippen LogP) is 3.27. The Morgan fingerprint density at radius 1 is 0.932 bits per heavy atom. The number of benzene rings is 3. The van der Waals surface area contributed by atoms with Gasteiger partial charge in [0.25, 0.3) is 5.91 Å². The average Bonchev–Trinajstić information content (AvgIpc) is 3.59. The van der Waals surface area contributed by atoms with Crippen LogP contribution in [-0.4, -0.2) is 72.1 Å². The minimum atomic E-state index is -1.45. The van der Waals surface area contributed by atoms with Crippen molar-refractivity contribution >= 4 is 34.5 Å². The normalized spacial score (nSPS) is 19.7. The minimum absolute atomic E-state index is 0.00835. The molecule has 226 valence electrons. The number of hydrogen-bond donors (Lipinski definition) is 6. The molecule has 0 bridgehead atoms. The molecule has 12 heteroatoms. The molecule has 0 radical (unpaired) electrons. The molecule has 44 heavy (non-hydrogen) atoms. The summed E-state index contributed by atoms with van der Waals surface area (Å²) < 4.78 is 7.35. The van der Waals surface area contributed by atoms with Gasteiger partial charge in [-0.25, -0.2) is 4.98 Å². The highest BCUT2D eigenvalue weighted by atomic mass is 16.6. The SMILES string of the molecule is CCNC(=O)[C@H]1O[C@@H](n2cnc3c(NCC(c4ccccc4)c4ccccc4)nc(Nc4ccc(O)cc4)nc32)[C@H](O)[C@@H]1O. The topological polar surface area (TPSA) is 167 Å². The molecule has 5 aromatic rings. The molecule has 3 heterocycles. The zero-order valence-corrected chi connectivity index (χ0v) is 23.9. The molecule has 4 atom stereocenters. The number of aromatic nitrogens is 4. The van der Waals surface area contributed by atoms with E-state index in [0.29, 0.717) is 35.8 Å². The van der Waals surface area contributed by atoms with Crippen molar-refractivity contribution in [2.75, 3.05) is 23.7 Å². The smallest absolute Gasteiger partial charge is 0.252 e. The first-order valence-corrected chi connectivity index (χ1v) is 14.4. The summed E-state index contributed by atoms with van der Waals surface area (Å²) in [6.45, 7) is 2.58. The number of anilines is 3. The van der Waals surface area contributed by atoms with Crippen molar-refractivity contribution in [2.45, 2.75) is 37.4 Å². The van der Waals surface area contributed by atoms with E-state index in [4.69, 9.17) is 9.72 Å². The highest BCUT2D eigenvalue weighted by molar-refractivity contribution is 5.85. The molecule has 6 N–H and O–H groups in total. The molecule has 1 aliphatic heterocycles. The van der Waals surface area contributed by atoms with Crippen LogP contribution in [0.1, 0.15) is 30.2 Å². The van der Waals surface area contributed by atoms with Crippen LogP contribution in [0.15, 0.2) is 91.3 Å². The van der Waals surface area contributed by atoms with E-state index in [1.54, 1.807) is 31.2 Å². The van der Waals surface area contributed by atoms with Crippen LogP contribution in [-0.2, 0) is 9.53 Å². The fourth-order valence-corrected chi connectivity index (χ4v) is 5.33. The number of carbonyl (C=O) groups is 1. The second-order valence-electron chi connectivity index (χ2n) is 10.5. The van der Waals surface area contributed by atoms with Gasteiger partial charge in [-0.05, 0) is 42.3 Å². The fraction of sp³-hybridized carbons (Fsp3) is 0.250. The summed E-state index contributed by atoms with van der Waals surface area (Å²) in [5.74, 6) is 0.237. The lowest BCUT2D eigenvalue weighted by Gasteiger charge is -2.20. The molecule has 1 aliphatic rings. The number of phenolic OH excluding ortho intramolecular Hbond substituents is 1. The summed E-state index contributed by atoms with van der Waals surface area (Å²) in [5.41, 5.74) is 3.60. The number of likely N-dealkylation sites (N-methyl/N-ethyl adjacent to an activating group) is 1. The highest BCUT2D eigenvalue weighted by Gasteiger charge is 2.47. The summed E-state index contributed by atoms with van der Waals surface area (Å²) >= 11 is 0. The van der Waals surface area contributed by atoms with Crippen LogP contribution < -0.4 is 16.0 Å². The van der Waals surface area contributed by atoms with E-state index in [-0.39, 0.29) is 17.6 Å². The number of rotatable bonds is 10. The Hall–Kier alpha value is -5.04. The first-order chi connectivity index (χ1) is 21.4. The van der Waals surface area contributed by atoms with Crippen LogP contribution in [0.25, 0.3) is 11.2 Å². The number of nitrogens with zero attached hydrogens (tertiary/aromatic N) is 4. The Kier molecular flexibility index (Phi) is 8.37. The van der Waals surface area contributed by atoms with E-state index in [2.05, 4.69) is 50.2 Å². The second-order valence-corrected chi connectivity index (χ2v) is 10.5. The minimum Gasteiger partial charge on any atom is -0.508 e. The fourth-order valence-electron chi connectivity index (χ4n) is 5.33. The first-order valence-electron chi connectivity index (χ1n) is 14.4. The van der Waals surface area contributed by atoms with E-state index in [9.17, 15) is 20.1 Å². The summed E-state index contributed by atoms with van der Waals surface area (Å²) in [5, 5.41) is 40.5. The molecule has 1 fully saturated rings. The van der Waals surface area contributed by atoms with Crippen LogP contribution in [0, 0.1) is 0 Å². The van der Waals surface area contributed by atoms with Gasteiger partial charge in [0.2, 0.25) is 5.95 Å². The van der Waals surface area contributed by atoms with Gasteiger partial charge in [0.15, 0.2) is 29.3 Å². The van der Waals surface area contributed by atoms with Gasteiger partial charge < -0.3 is 36.0 Å². The van der Waals surface area contributed by atoms with Crippen LogP contribution in [0.3, 0.4) is 0 Å². The lowest BCUT2D eigenvalue weighted by atomic mass is 9.91. The summed E-state index contributed by atoms with van der Waals surface area (Å²) in [4.78, 5) is 26.5. The Bertz CT molecular complexity index is 1680. The Morgan fingerprint density at radius 2 is 1.59 bits per heavy atom. The van der Waals surface area contributed by atoms with Crippen LogP contribution in [0.5, 0.6) is 5.75 Å². The van der Waals surface area contributed by atoms with Gasteiger partial charge >= 0.3 is 0 Å². The van der Waals surface area contributed by atoms with Crippen LogP contribution >= 0.6 is 0 Å². The molecular formula is C32H33N7O5. The molecule has 12 nitrogen and oxygen atoms in total. The third-order valence-electron chi connectivity index (χ3n) is 7.54. The number of ether oxygens (including phenoxy) is 1. The van der Waals surface area contributed by atoms with Gasteiger partial charge in [-0.15, -0.1) is 0 Å². The molecule has 0 spiro atoms. The summed E-state index contributed by atoms with van der Waals surface area (Å²) in [6.07, 6.45) is -3.82. The molecule has 3 aromatic carbocycles. The third-order valence-corrected chi connectivity index (χ3v) is 7.54. The Morgan fingerprint density at radius 3 is 2.23 bits per heavy atom. The van der Waals surface area contributed by atoms with Crippen molar-refractivity contribution in [3.05, 3.63) is 102 Å². The predicted molar refractivity (Wildman–Crippen MR) is 165 cm³/mol. The average molecular weight is 596 g/mol. The number of aromatic hydroxyl groups is 1. The first kappa shape index (κ1) is 29.1. The van der Waals surface area contributed by atoms with Gasteiger partial charge in [0.05, 0.1) is 6.33 Å². The maximum Gasteiger partial charge on any atom is 0.252 e. The summed E-state index contributed by atoms with van der Waals surface area (Å²) in [7, 11) is 0. The number of fused-ring (bicyclic) bond motifs is 1. The standard InChI is InChI=1S/C32H33N7O5/c1-2-33-30(43)27-25(41)26(42)31(44-27)39-18-35-24-28(37-32(38-29(24)39)36-21-13-15-22(40)16-14-21)34-17-23(19-9-5-3-6-10-19)20-11-7-4-8-12-20/h3-16,18,23,25-27,31,40-42H,2,17H2,1H3,(H,33,43)(H2,34,36,37,38)/t25-,26+,27-,31+/m0/s1. The number of phenols is 1. The van der Waals surface area contributed by atoms with Crippen LogP contribution in [0.2, 0.25) is 0 Å². The highest BCUT2D eigenvalue weighted by Crippen LogP contribution is 2.34. The number of nitrogens with one attached hydrogen (secondary N) is 3. The lowest BCUT2D eigenvalue weighted by molar-refractivity contribution is -0.137. The maximum atomic E-state index is 12.5. The summed E-state index contributed by atoms with van der Waals surface area (Å²) in [6, 6.07) is 26.8. The molecule has 0 saturated carbocycles. The second kappa shape index (κ2) is 12.7. The van der Waals surface area contributed by atoms with Gasteiger partial charge in [0.1, 0.15) is 18.0 Å². The van der Waals surface area contributed by atoms with E-state index < -0.39 is 30.4 Å². The number of amides is 1. The van der Waals surface area contributed by atoms with Gasteiger partial charge in [-0.2, -0.15) is 9.97 Å². The third kappa shape index (κ3) is 5.91. The van der Waals surface area contributed by atoms with Crippen LogP contribution in [0.4, 0.5) is 17.5 Å². The van der Waals surface area contributed by atoms with Crippen molar-refractivity contribution in [3.63, 3.8) is 0 Å². The van der Waals surface area contributed by atoms with E-state index >= 15 is 0 Å². The number of aliphatic hydroxyl groups excluding tert-OH is 2. The van der Waals surface area contributed by atoms with Gasteiger partial charge in [-0.1, -0.05) is 60.7 Å². The monoisotopic (exact) mass is 595 g/mol. The largest absolute Gasteiger partial charge is 0.508 e. The van der Waals surface area contributed by atoms with Crippen molar-refractivity contribution in [3.8, 4) is 5.75 Å². The van der Waals surface area contributed by atoms with Crippen molar-refractivity contribution in [1.29, 1.82) is 0 Å². The molecule has 2 aromatic heterocycles. The van der Waals surface area contributed by atoms with E-state index in [1.807, 2.05) is 36.4 Å². The lowest BCUT2D eigenvalue weighted by Crippen LogP contribution is -2.42. The van der Waals surface area contributed by atoms with Crippen molar-refractivity contribution < 1.29 is 24.9 Å². The quantitative estimate of drug-likeness (QED) is 0.132. The van der Waals surface area contributed by atoms with Crippen molar-refractivity contribution in [2.24, 2.45) is 0 Å². The zero-order valence-electron chi connectivity index (χ0n) is 23.9. The zero-order chi connectivity index (χ0) is 30.6. The Labute approximate surface area is 253 Å². The molecule has 1 saturated heterocycles. The Balaban J connectivity index is 1.38. The van der Waals surface area contributed by atoms with E-state index in [1.165, 1.54) is 10.9 Å². The molecule has 0 unspecified atom stereocenters. The molecule has 6 rings (SSSR count). The molecule has 1 amide bonds. The molecular weight excluding hydrogens is 562 g/mol. The number of carbonyl (C=O) groups excluding carboxylic acids is 1. The molecule has 0 aliphatic carbocycles. The number of hydrogen-bond acceptors (Lipinski definition) is 10. The van der Waals surface area contributed by atoms with E-state index in [0.717, 1.165) is 11.1 Å². The van der Waals surface area contributed by atoms with Gasteiger partial charge in [-0.3, -0.25) is 9.36 Å². The maximum absolute atomic E-state index is 12.5. The number of imidazole rings is 1.